The van der Waals surface area contributed by atoms with Crippen molar-refractivity contribution in [1.29, 1.82) is 0 Å². The molecule has 2 heterocycles. The van der Waals surface area contributed by atoms with Crippen LogP contribution in [0.15, 0.2) is 29.8 Å². The Morgan fingerprint density at radius 1 is 1.38 bits per heavy atom. The Morgan fingerprint density at radius 3 is 2.85 bits per heavy atom. The van der Waals surface area contributed by atoms with Gasteiger partial charge in [0.05, 0.1) is 18.8 Å². The molecular weight excluding hydrogens is 350 g/mol. The average molecular weight is 375 g/mol. The molecule has 1 saturated carbocycles. The number of nitrogens with one attached hydrogen (secondary N) is 3. The highest BCUT2D eigenvalue weighted by atomic mass is 32.1. The van der Waals surface area contributed by atoms with Crippen LogP contribution < -0.4 is 16.0 Å². The summed E-state index contributed by atoms with van der Waals surface area (Å²) in [5.74, 6) is 1.09. The van der Waals surface area contributed by atoms with Crippen LogP contribution >= 0.6 is 11.3 Å². The minimum Gasteiger partial charge on any atom is -0.349 e. The summed E-state index contributed by atoms with van der Waals surface area (Å²) in [4.78, 5) is 25.7. The zero-order valence-electron chi connectivity index (χ0n) is 15.1. The minimum atomic E-state index is -0.577. The van der Waals surface area contributed by atoms with Crippen LogP contribution in [-0.4, -0.2) is 27.8 Å². The molecule has 0 saturated heterocycles. The van der Waals surface area contributed by atoms with E-state index in [9.17, 15) is 9.59 Å². The molecule has 1 fully saturated rings. The molecule has 2 atom stereocenters. The van der Waals surface area contributed by atoms with Crippen molar-refractivity contribution in [2.24, 2.45) is 5.92 Å². The van der Waals surface area contributed by atoms with Gasteiger partial charge in [-0.2, -0.15) is 5.10 Å². The summed E-state index contributed by atoms with van der Waals surface area (Å²) in [5, 5.41) is 14.7. The van der Waals surface area contributed by atoms with Crippen molar-refractivity contribution >= 4 is 29.1 Å². The van der Waals surface area contributed by atoms with E-state index in [0.717, 1.165) is 4.88 Å². The van der Waals surface area contributed by atoms with Gasteiger partial charge in [0.25, 0.3) is 0 Å². The van der Waals surface area contributed by atoms with Crippen molar-refractivity contribution in [3.8, 4) is 0 Å². The lowest BCUT2D eigenvalue weighted by Crippen LogP contribution is -2.47. The van der Waals surface area contributed by atoms with Crippen LogP contribution in [0.5, 0.6) is 0 Å². The lowest BCUT2D eigenvalue weighted by Gasteiger charge is -2.19. The molecule has 3 N–H and O–H groups in total. The average Bonchev–Trinajstić information content (AvgIpc) is 3.16. The van der Waals surface area contributed by atoms with Gasteiger partial charge >= 0.3 is 6.03 Å². The molecule has 0 spiro atoms. The Bertz CT molecular complexity index is 739. The largest absolute Gasteiger partial charge is 0.349 e. The monoisotopic (exact) mass is 375 g/mol. The van der Waals surface area contributed by atoms with Crippen molar-refractivity contribution < 1.29 is 9.59 Å². The highest BCUT2D eigenvalue weighted by molar-refractivity contribution is 7.09. The summed E-state index contributed by atoms with van der Waals surface area (Å²) in [6, 6.07) is 4.97. The Kier molecular flexibility index (Phi) is 5.92. The number of aromatic nitrogens is 2. The highest BCUT2D eigenvalue weighted by Gasteiger charge is 2.31. The van der Waals surface area contributed by atoms with E-state index in [0.29, 0.717) is 24.7 Å². The molecule has 1 aliphatic rings. The molecule has 3 amide bonds. The van der Waals surface area contributed by atoms with Crippen molar-refractivity contribution in [2.75, 3.05) is 5.32 Å². The van der Waals surface area contributed by atoms with Gasteiger partial charge in [0.15, 0.2) is 0 Å². The number of hydrogen-bond acceptors (Lipinski definition) is 4. The lowest BCUT2D eigenvalue weighted by atomic mass is 10.2. The van der Waals surface area contributed by atoms with Crippen LogP contribution in [0.3, 0.4) is 0 Å². The van der Waals surface area contributed by atoms with Crippen molar-refractivity contribution in [3.05, 3.63) is 34.7 Å². The van der Waals surface area contributed by atoms with E-state index >= 15 is 0 Å². The summed E-state index contributed by atoms with van der Waals surface area (Å²) in [6.07, 6.45) is 4.60. The van der Waals surface area contributed by atoms with Gasteiger partial charge < -0.3 is 10.6 Å². The van der Waals surface area contributed by atoms with Gasteiger partial charge in [0, 0.05) is 10.9 Å². The molecule has 0 bridgehead atoms. The molecule has 7 nitrogen and oxygen atoms in total. The minimum absolute atomic E-state index is 0.184. The molecule has 2 aromatic rings. The van der Waals surface area contributed by atoms with Gasteiger partial charge in [0.2, 0.25) is 5.91 Å². The second-order valence-corrected chi connectivity index (χ2v) is 7.63. The molecular formula is C18H25N5O2S. The number of carbonyl (C=O) groups excluding carboxylic acids is 2. The van der Waals surface area contributed by atoms with Gasteiger partial charge in [0.1, 0.15) is 11.9 Å². The second-order valence-electron chi connectivity index (χ2n) is 6.60. The number of rotatable bonds is 8. The van der Waals surface area contributed by atoms with E-state index in [2.05, 4.69) is 28.0 Å². The molecule has 2 unspecified atom stereocenters. The highest BCUT2D eigenvalue weighted by Crippen LogP contribution is 2.40. The van der Waals surface area contributed by atoms with Gasteiger partial charge in [-0.1, -0.05) is 13.0 Å². The third-order valence-corrected chi connectivity index (χ3v) is 5.53. The van der Waals surface area contributed by atoms with Crippen LogP contribution in [0.1, 0.15) is 44.0 Å². The molecule has 0 aromatic carbocycles. The summed E-state index contributed by atoms with van der Waals surface area (Å²) in [6.45, 7) is 4.46. The maximum absolute atomic E-state index is 12.3. The van der Waals surface area contributed by atoms with Gasteiger partial charge in [-0.15, -0.1) is 11.3 Å². The summed E-state index contributed by atoms with van der Waals surface area (Å²) < 4.78 is 1.84. The zero-order chi connectivity index (χ0) is 18.5. The Labute approximate surface area is 157 Å². The summed E-state index contributed by atoms with van der Waals surface area (Å²) in [7, 11) is 0. The molecule has 3 rings (SSSR count). The second kappa shape index (κ2) is 8.35. The number of urea groups is 1. The van der Waals surface area contributed by atoms with Crippen molar-refractivity contribution in [3.63, 3.8) is 0 Å². The van der Waals surface area contributed by atoms with E-state index in [1.165, 1.54) is 12.8 Å². The molecule has 0 aliphatic heterocycles. The topological polar surface area (TPSA) is 88.1 Å². The number of nitrogens with zero attached hydrogens (tertiary/aromatic N) is 2. The first-order valence-electron chi connectivity index (χ1n) is 8.99. The Balaban J connectivity index is 1.52. The normalized spacial score (nSPS) is 15.9. The van der Waals surface area contributed by atoms with Crippen LogP contribution in [0.4, 0.5) is 10.6 Å². The first-order valence-corrected chi connectivity index (χ1v) is 9.87. The van der Waals surface area contributed by atoms with E-state index < -0.39 is 12.1 Å². The smallest absolute Gasteiger partial charge is 0.321 e. The standard InChI is InChI=1S/C18H25N5O2S/c1-3-15(17(24)19-11-14-5-4-10-26-14)21-18(25)22-16-8-9-20-23(16)12(2)13-6-7-13/h4-5,8-10,12-13,15H,3,6-7,11H2,1-2H3,(H,19,24)(H2,21,22,25). The first kappa shape index (κ1) is 18.4. The molecule has 8 heteroatoms. The number of thiophene rings is 1. The molecule has 140 valence electrons. The molecule has 1 aliphatic carbocycles. The fourth-order valence-electron chi connectivity index (χ4n) is 2.89. The van der Waals surface area contributed by atoms with Gasteiger partial charge in [-0.3, -0.25) is 10.1 Å². The van der Waals surface area contributed by atoms with Crippen LogP contribution in [0, 0.1) is 5.92 Å². The fraction of sp³-hybridized carbons (Fsp3) is 0.500. The lowest BCUT2D eigenvalue weighted by molar-refractivity contribution is -0.123. The number of hydrogen-bond donors (Lipinski definition) is 3. The quantitative estimate of drug-likeness (QED) is 0.662. The fourth-order valence-corrected chi connectivity index (χ4v) is 3.53. The molecule has 2 aromatic heterocycles. The maximum atomic E-state index is 12.3. The van der Waals surface area contributed by atoms with E-state index in [-0.39, 0.29) is 11.9 Å². The predicted molar refractivity (Wildman–Crippen MR) is 102 cm³/mol. The number of amides is 3. The van der Waals surface area contributed by atoms with E-state index in [1.54, 1.807) is 23.6 Å². The SMILES string of the molecule is CCC(NC(=O)Nc1ccnn1C(C)C1CC1)C(=O)NCc1cccs1. The van der Waals surface area contributed by atoms with Crippen LogP contribution in [0.2, 0.25) is 0 Å². The number of anilines is 1. The van der Waals surface area contributed by atoms with Crippen molar-refractivity contribution in [2.45, 2.75) is 51.7 Å². The Hall–Kier alpha value is -2.35. The maximum Gasteiger partial charge on any atom is 0.321 e. The molecule has 26 heavy (non-hydrogen) atoms. The first-order chi connectivity index (χ1) is 12.6. The van der Waals surface area contributed by atoms with Gasteiger partial charge in [-0.25, -0.2) is 9.48 Å². The van der Waals surface area contributed by atoms with E-state index in [1.807, 2.05) is 29.1 Å². The van der Waals surface area contributed by atoms with Crippen LogP contribution in [0.25, 0.3) is 0 Å². The Morgan fingerprint density at radius 2 is 2.19 bits per heavy atom. The molecule has 0 radical (unpaired) electrons. The third kappa shape index (κ3) is 4.63. The van der Waals surface area contributed by atoms with Crippen molar-refractivity contribution in [1.82, 2.24) is 20.4 Å². The van der Waals surface area contributed by atoms with Gasteiger partial charge in [-0.05, 0) is 43.6 Å². The summed E-state index contributed by atoms with van der Waals surface area (Å²) >= 11 is 1.59. The van der Waals surface area contributed by atoms with Crippen LogP contribution in [-0.2, 0) is 11.3 Å². The zero-order valence-corrected chi connectivity index (χ0v) is 15.9. The van der Waals surface area contributed by atoms with E-state index in [4.69, 9.17) is 0 Å². The predicted octanol–water partition coefficient (Wildman–Crippen LogP) is 3.13. The third-order valence-electron chi connectivity index (χ3n) is 4.65. The number of carbonyl (C=O) groups is 2. The summed E-state index contributed by atoms with van der Waals surface area (Å²) in [5.41, 5.74) is 0.